The standard InChI is InChI=1S/C14H17N/c1-3-7-13(8-4-1)11-15-12-14-9-5-2-6-10-14/h1-5,7-8,11,14H,6,9-10,12H2. The molecule has 0 N–H and O–H groups in total. The van der Waals surface area contributed by atoms with Gasteiger partial charge in [-0.25, -0.2) is 0 Å². The Morgan fingerprint density at radius 3 is 2.80 bits per heavy atom. The molecule has 0 saturated heterocycles. The van der Waals surface area contributed by atoms with Crippen LogP contribution in [0.4, 0.5) is 0 Å². The summed E-state index contributed by atoms with van der Waals surface area (Å²) in [6, 6.07) is 10.3. The van der Waals surface area contributed by atoms with Gasteiger partial charge in [0.05, 0.1) is 0 Å². The minimum atomic E-state index is 0.759. The predicted molar refractivity (Wildman–Crippen MR) is 65.4 cm³/mol. The average Bonchev–Trinajstić information content (AvgIpc) is 2.32. The molecule has 1 unspecified atom stereocenters. The number of allylic oxidation sites excluding steroid dienone is 2. The molecule has 1 heteroatoms. The lowest BCUT2D eigenvalue weighted by Gasteiger charge is -2.14. The Bertz CT molecular complexity index is 338. The van der Waals surface area contributed by atoms with Gasteiger partial charge in [-0.2, -0.15) is 0 Å². The lowest BCUT2D eigenvalue weighted by Crippen LogP contribution is -2.06. The summed E-state index contributed by atoms with van der Waals surface area (Å²) < 4.78 is 0. The van der Waals surface area contributed by atoms with Crippen molar-refractivity contribution in [2.45, 2.75) is 19.3 Å². The van der Waals surface area contributed by atoms with E-state index in [0.29, 0.717) is 0 Å². The first-order valence-electron chi connectivity index (χ1n) is 5.65. The van der Waals surface area contributed by atoms with Crippen molar-refractivity contribution in [3.63, 3.8) is 0 Å². The molecule has 0 spiro atoms. The van der Waals surface area contributed by atoms with Gasteiger partial charge in [-0.3, -0.25) is 4.99 Å². The van der Waals surface area contributed by atoms with Crippen LogP contribution in [0.2, 0.25) is 0 Å². The Morgan fingerprint density at radius 2 is 2.07 bits per heavy atom. The number of rotatable bonds is 3. The lowest BCUT2D eigenvalue weighted by atomic mass is 9.95. The molecule has 0 aromatic heterocycles. The molecular formula is C14H17N. The highest BCUT2D eigenvalue weighted by Crippen LogP contribution is 2.17. The second-order valence-electron chi connectivity index (χ2n) is 4.06. The third-order valence-corrected chi connectivity index (χ3v) is 2.78. The molecule has 1 aliphatic rings. The Kier molecular flexibility index (Phi) is 3.72. The summed E-state index contributed by atoms with van der Waals surface area (Å²) in [5.74, 6) is 0.759. The molecule has 0 bridgehead atoms. The molecule has 0 saturated carbocycles. The van der Waals surface area contributed by atoms with Crippen molar-refractivity contribution in [1.82, 2.24) is 0 Å². The van der Waals surface area contributed by atoms with Crippen LogP contribution in [0.3, 0.4) is 0 Å². The van der Waals surface area contributed by atoms with Gasteiger partial charge in [-0.1, -0.05) is 42.5 Å². The lowest BCUT2D eigenvalue weighted by molar-refractivity contribution is 0.493. The SMILES string of the molecule is C1=CCC(CN=Cc2ccccc2)CC1. The van der Waals surface area contributed by atoms with Gasteiger partial charge in [-0.15, -0.1) is 0 Å². The minimum absolute atomic E-state index is 0.759. The van der Waals surface area contributed by atoms with E-state index in [0.717, 1.165) is 12.5 Å². The van der Waals surface area contributed by atoms with E-state index >= 15 is 0 Å². The highest BCUT2D eigenvalue weighted by atomic mass is 14.7. The summed E-state index contributed by atoms with van der Waals surface area (Å²) in [5.41, 5.74) is 1.20. The molecule has 0 fully saturated rings. The molecular weight excluding hydrogens is 182 g/mol. The van der Waals surface area contributed by atoms with E-state index < -0.39 is 0 Å². The van der Waals surface area contributed by atoms with Crippen molar-refractivity contribution in [3.8, 4) is 0 Å². The van der Waals surface area contributed by atoms with Gasteiger partial charge in [0.25, 0.3) is 0 Å². The quantitative estimate of drug-likeness (QED) is 0.522. The molecule has 1 atom stereocenters. The van der Waals surface area contributed by atoms with E-state index in [1.54, 1.807) is 0 Å². The van der Waals surface area contributed by atoms with Gasteiger partial charge < -0.3 is 0 Å². The van der Waals surface area contributed by atoms with Gasteiger partial charge in [0.2, 0.25) is 0 Å². The molecule has 1 aromatic rings. The molecule has 0 radical (unpaired) electrons. The maximum Gasteiger partial charge on any atom is 0.0420 e. The van der Waals surface area contributed by atoms with E-state index in [1.807, 2.05) is 24.4 Å². The first kappa shape index (κ1) is 10.2. The normalized spacial score (nSPS) is 20.9. The minimum Gasteiger partial charge on any atom is -0.292 e. The summed E-state index contributed by atoms with van der Waals surface area (Å²) in [5, 5.41) is 0. The van der Waals surface area contributed by atoms with Crippen molar-refractivity contribution < 1.29 is 0 Å². The van der Waals surface area contributed by atoms with Crippen LogP contribution in [-0.2, 0) is 0 Å². The second kappa shape index (κ2) is 5.50. The molecule has 0 heterocycles. The summed E-state index contributed by atoms with van der Waals surface area (Å²) in [6.07, 6.45) is 10.3. The van der Waals surface area contributed by atoms with Crippen LogP contribution < -0.4 is 0 Å². The highest BCUT2D eigenvalue weighted by Gasteiger charge is 2.07. The summed E-state index contributed by atoms with van der Waals surface area (Å²) in [7, 11) is 0. The smallest absolute Gasteiger partial charge is 0.0420 e. The average molecular weight is 199 g/mol. The van der Waals surface area contributed by atoms with E-state index in [-0.39, 0.29) is 0 Å². The van der Waals surface area contributed by atoms with Crippen LogP contribution in [0.25, 0.3) is 0 Å². The zero-order valence-corrected chi connectivity index (χ0v) is 8.97. The largest absolute Gasteiger partial charge is 0.292 e. The molecule has 15 heavy (non-hydrogen) atoms. The predicted octanol–water partition coefficient (Wildman–Crippen LogP) is 3.46. The second-order valence-corrected chi connectivity index (χ2v) is 4.06. The van der Waals surface area contributed by atoms with Crippen LogP contribution in [0, 0.1) is 5.92 Å². The fraction of sp³-hybridized carbons (Fsp3) is 0.357. The van der Waals surface area contributed by atoms with Gasteiger partial charge >= 0.3 is 0 Å². The van der Waals surface area contributed by atoms with Crippen LogP contribution in [0.1, 0.15) is 24.8 Å². The molecule has 1 aliphatic carbocycles. The monoisotopic (exact) mass is 199 g/mol. The third kappa shape index (κ3) is 3.35. The van der Waals surface area contributed by atoms with E-state index in [4.69, 9.17) is 0 Å². The fourth-order valence-electron chi connectivity index (χ4n) is 1.87. The first-order chi connectivity index (χ1) is 7.45. The summed E-state index contributed by atoms with van der Waals surface area (Å²) in [4.78, 5) is 4.51. The van der Waals surface area contributed by atoms with Gasteiger partial charge in [0.1, 0.15) is 0 Å². The highest BCUT2D eigenvalue weighted by molar-refractivity contribution is 5.79. The topological polar surface area (TPSA) is 12.4 Å². The maximum absolute atomic E-state index is 4.51. The maximum atomic E-state index is 4.51. The van der Waals surface area contributed by atoms with Crippen molar-refractivity contribution >= 4 is 6.21 Å². The number of hydrogen-bond donors (Lipinski definition) is 0. The summed E-state index contributed by atoms with van der Waals surface area (Å²) >= 11 is 0. The Labute approximate surface area is 91.6 Å². The van der Waals surface area contributed by atoms with Crippen LogP contribution in [0.5, 0.6) is 0 Å². The van der Waals surface area contributed by atoms with E-state index in [9.17, 15) is 0 Å². The van der Waals surface area contributed by atoms with Gasteiger partial charge in [0.15, 0.2) is 0 Å². The van der Waals surface area contributed by atoms with Crippen molar-refractivity contribution in [3.05, 3.63) is 48.0 Å². The van der Waals surface area contributed by atoms with Crippen LogP contribution >= 0.6 is 0 Å². The van der Waals surface area contributed by atoms with Gasteiger partial charge in [-0.05, 0) is 30.7 Å². The van der Waals surface area contributed by atoms with Crippen LogP contribution in [-0.4, -0.2) is 12.8 Å². The number of nitrogens with zero attached hydrogens (tertiary/aromatic N) is 1. The Hall–Kier alpha value is -1.37. The zero-order valence-electron chi connectivity index (χ0n) is 8.97. The van der Waals surface area contributed by atoms with E-state index in [2.05, 4.69) is 29.3 Å². The fourth-order valence-corrected chi connectivity index (χ4v) is 1.87. The molecule has 0 aliphatic heterocycles. The Balaban J connectivity index is 1.82. The first-order valence-corrected chi connectivity index (χ1v) is 5.65. The Morgan fingerprint density at radius 1 is 1.20 bits per heavy atom. The molecule has 1 aromatic carbocycles. The van der Waals surface area contributed by atoms with Crippen molar-refractivity contribution in [1.29, 1.82) is 0 Å². The summed E-state index contributed by atoms with van der Waals surface area (Å²) in [6.45, 7) is 0.971. The zero-order chi connectivity index (χ0) is 10.3. The third-order valence-electron chi connectivity index (χ3n) is 2.78. The molecule has 2 rings (SSSR count). The number of aliphatic imine (C=N–C) groups is 1. The van der Waals surface area contributed by atoms with E-state index in [1.165, 1.54) is 24.8 Å². The van der Waals surface area contributed by atoms with Crippen molar-refractivity contribution in [2.24, 2.45) is 10.9 Å². The van der Waals surface area contributed by atoms with Gasteiger partial charge in [0, 0.05) is 12.8 Å². The van der Waals surface area contributed by atoms with Crippen molar-refractivity contribution in [2.75, 3.05) is 6.54 Å². The number of hydrogen-bond acceptors (Lipinski definition) is 1. The molecule has 0 amide bonds. The molecule has 78 valence electrons. The van der Waals surface area contributed by atoms with Crippen LogP contribution in [0.15, 0.2) is 47.5 Å². The molecule has 1 nitrogen and oxygen atoms in total. The number of benzene rings is 1.